The first-order chi connectivity index (χ1) is 13.2. The molecule has 0 aliphatic heterocycles. The van der Waals surface area contributed by atoms with Crippen molar-refractivity contribution < 1.29 is 14.6 Å². The van der Waals surface area contributed by atoms with Crippen LogP contribution in [0, 0.1) is 5.92 Å². The standard InChI is InChI=1S/C25H34O3/c1-6-19(21-12-14-23(26)15-13-21)17-22(20-10-8-7-9-11-20)16-18(2)24(27)28-25(3,4)5/h7-15,18-19,22,26H,6,16-17H2,1-5H3. The van der Waals surface area contributed by atoms with E-state index in [1.807, 2.05) is 45.9 Å². The van der Waals surface area contributed by atoms with Crippen molar-refractivity contribution in [2.24, 2.45) is 5.92 Å². The molecule has 0 aromatic heterocycles. The highest BCUT2D eigenvalue weighted by Crippen LogP contribution is 2.37. The van der Waals surface area contributed by atoms with E-state index in [9.17, 15) is 9.90 Å². The second-order valence-corrected chi connectivity index (χ2v) is 8.71. The number of phenols is 1. The van der Waals surface area contributed by atoms with Crippen molar-refractivity contribution in [1.29, 1.82) is 0 Å². The van der Waals surface area contributed by atoms with Gasteiger partial charge in [-0.3, -0.25) is 4.79 Å². The van der Waals surface area contributed by atoms with E-state index in [4.69, 9.17) is 4.74 Å². The molecule has 0 amide bonds. The summed E-state index contributed by atoms with van der Waals surface area (Å²) in [6, 6.07) is 17.9. The number of rotatable bonds is 8. The summed E-state index contributed by atoms with van der Waals surface area (Å²) in [4.78, 5) is 12.5. The van der Waals surface area contributed by atoms with E-state index >= 15 is 0 Å². The van der Waals surface area contributed by atoms with Gasteiger partial charge in [-0.1, -0.05) is 56.3 Å². The first-order valence-corrected chi connectivity index (χ1v) is 10.3. The van der Waals surface area contributed by atoms with Crippen molar-refractivity contribution >= 4 is 5.97 Å². The van der Waals surface area contributed by atoms with Crippen LogP contribution in [0.2, 0.25) is 0 Å². The molecular formula is C25H34O3. The molecule has 0 bridgehead atoms. The Morgan fingerprint density at radius 1 is 0.929 bits per heavy atom. The Morgan fingerprint density at radius 3 is 2.04 bits per heavy atom. The molecule has 3 atom stereocenters. The second-order valence-electron chi connectivity index (χ2n) is 8.71. The molecule has 152 valence electrons. The molecule has 28 heavy (non-hydrogen) atoms. The Morgan fingerprint density at radius 2 is 1.50 bits per heavy atom. The number of carbonyl (C=O) groups is 1. The largest absolute Gasteiger partial charge is 0.508 e. The molecule has 0 spiro atoms. The summed E-state index contributed by atoms with van der Waals surface area (Å²) in [6.07, 6.45) is 2.72. The lowest BCUT2D eigenvalue weighted by Gasteiger charge is -2.27. The first kappa shape index (κ1) is 22.0. The van der Waals surface area contributed by atoms with Gasteiger partial charge in [-0.2, -0.15) is 0 Å². The fourth-order valence-corrected chi connectivity index (χ4v) is 3.65. The van der Waals surface area contributed by atoms with E-state index in [2.05, 4.69) is 31.2 Å². The molecule has 3 unspecified atom stereocenters. The molecule has 1 N–H and O–H groups in total. The van der Waals surface area contributed by atoms with E-state index in [1.54, 1.807) is 12.1 Å². The molecule has 0 saturated carbocycles. The topological polar surface area (TPSA) is 46.5 Å². The summed E-state index contributed by atoms with van der Waals surface area (Å²) >= 11 is 0. The van der Waals surface area contributed by atoms with Crippen LogP contribution >= 0.6 is 0 Å². The fraction of sp³-hybridized carbons (Fsp3) is 0.480. The number of aromatic hydroxyl groups is 1. The van der Waals surface area contributed by atoms with Gasteiger partial charge in [-0.05, 0) is 75.1 Å². The molecular weight excluding hydrogens is 348 g/mol. The van der Waals surface area contributed by atoms with Crippen LogP contribution in [0.15, 0.2) is 54.6 Å². The minimum Gasteiger partial charge on any atom is -0.508 e. The molecule has 2 aromatic rings. The maximum atomic E-state index is 12.5. The third-order valence-electron chi connectivity index (χ3n) is 5.14. The van der Waals surface area contributed by atoms with Crippen molar-refractivity contribution in [3.63, 3.8) is 0 Å². The average molecular weight is 383 g/mol. The number of ether oxygens (including phenoxy) is 1. The van der Waals surface area contributed by atoms with E-state index < -0.39 is 5.60 Å². The lowest BCUT2D eigenvalue weighted by Crippen LogP contribution is -2.28. The summed E-state index contributed by atoms with van der Waals surface area (Å²) in [5.41, 5.74) is 2.02. The van der Waals surface area contributed by atoms with Crippen LogP contribution in [0.3, 0.4) is 0 Å². The van der Waals surface area contributed by atoms with Gasteiger partial charge in [0.15, 0.2) is 0 Å². The van der Waals surface area contributed by atoms with Crippen molar-refractivity contribution in [2.45, 2.75) is 71.3 Å². The highest BCUT2D eigenvalue weighted by atomic mass is 16.6. The third-order valence-corrected chi connectivity index (χ3v) is 5.14. The molecule has 0 fully saturated rings. The molecule has 2 aromatic carbocycles. The van der Waals surface area contributed by atoms with E-state index in [-0.39, 0.29) is 23.6 Å². The zero-order chi connectivity index (χ0) is 20.7. The van der Waals surface area contributed by atoms with Gasteiger partial charge in [0.2, 0.25) is 0 Å². The van der Waals surface area contributed by atoms with Gasteiger partial charge in [0, 0.05) is 0 Å². The normalized spacial score (nSPS) is 14.9. The minimum atomic E-state index is -0.467. The van der Waals surface area contributed by atoms with Crippen molar-refractivity contribution in [1.82, 2.24) is 0 Å². The van der Waals surface area contributed by atoms with E-state index in [1.165, 1.54) is 11.1 Å². The van der Waals surface area contributed by atoms with Gasteiger partial charge in [-0.15, -0.1) is 0 Å². The Balaban J connectivity index is 2.19. The van der Waals surface area contributed by atoms with Crippen LogP contribution in [0.25, 0.3) is 0 Å². The Hall–Kier alpha value is -2.29. The maximum Gasteiger partial charge on any atom is 0.309 e. The molecule has 0 radical (unpaired) electrons. The predicted octanol–water partition coefficient (Wildman–Crippen LogP) is 6.43. The molecule has 0 aliphatic carbocycles. The van der Waals surface area contributed by atoms with Gasteiger partial charge >= 0.3 is 5.97 Å². The molecule has 0 heterocycles. The number of hydrogen-bond acceptors (Lipinski definition) is 3. The summed E-state index contributed by atoms with van der Waals surface area (Å²) in [6.45, 7) is 9.88. The third kappa shape index (κ3) is 6.70. The quantitative estimate of drug-likeness (QED) is 0.535. The highest BCUT2D eigenvalue weighted by molar-refractivity contribution is 5.72. The van der Waals surface area contributed by atoms with Gasteiger partial charge in [-0.25, -0.2) is 0 Å². The minimum absolute atomic E-state index is 0.133. The first-order valence-electron chi connectivity index (χ1n) is 10.3. The SMILES string of the molecule is CCC(CC(CC(C)C(=O)OC(C)(C)C)c1ccccc1)c1ccc(O)cc1. The van der Waals surface area contributed by atoms with Crippen LogP contribution < -0.4 is 0 Å². The molecule has 0 saturated heterocycles. The van der Waals surface area contributed by atoms with Crippen LogP contribution in [0.5, 0.6) is 5.75 Å². The van der Waals surface area contributed by atoms with Crippen LogP contribution in [0.4, 0.5) is 0 Å². The number of carbonyl (C=O) groups excluding carboxylic acids is 1. The van der Waals surface area contributed by atoms with Crippen molar-refractivity contribution in [3.05, 3.63) is 65.7 Å². The second kappa shape index (κ2) is 9.77. The zero-order valence-corrected chi connectivity index (χ0v) is 17.8. The summed E-state index contributed by atoms with van der Waals surface area (Å²) in [7, 11) is 0. The van der Waals surface area contributed by atoms with Crippen molar-refractivity contribution in [3.8, 4) is 5.75 Å². The maximum absolute atomic E-state index is 12.5. The number of hydrogen-bond donors (Lipinski definition) is 1. The van der Waals surface area contributed by atoms with Gasteiger partial charge in [0.1, 0.15) is 11.4 Å². The molecule has 0 aliphatic rings. The summed E-state index contributed by atoms with van der Waals surface area (Å²) in [5, 5.41) is 9.59. The summed E-state index contributed by atoms with van der Waals surface area (Å²) in [5.74, 6) is 0.628. The van der Waals surface area contributed by atoms with Crippen LogP contribution in [-0.2, 0) is 9.53 Å². The number of esters is 1. The Kier molecular flexibility index (Phi) is 7.68. The smallest absolute Gasteiger partial charge is 0.309 e. The average Bonchev–Trinajstić information content (AvgIpc) is 2.65. The van der Waals surface area contributed by atoms with Crippen LogP contribution in [0.1, 0.15) is 76.8 Å². The zero-order valence-electron chi connectivity index (χ0n) is 17.8. The van der Waals surface area contributed by atoms with E-state index in [0.717, 1.165) is 19.3 Å². The fourth-order valence-electron chi connectivity index (χ4n) is 3.65. The van der Waals surface area contributed by atoms with Gasteiger partial charge in [0.25, 0.3) is 0 Å². The monoisotopic (exact) mass is 382 g/mol. The lowest BCUT2D eigenvalue weighted by molar-refractivity contribution is -0.159. The lowest BCUT2D eigenvalue weighted by atomic mass is 9.79. The van der Waals surface area contributed by atoms with Gasteiger partial charge < -0.3 is 9.84 Å². The summed E-state index contributed by atoms with van der Waals surface area (Å²) < 4.78 is 5.60. The highest BCUT2D eigenvalue weighted by Gasteiger charge is 2.27. The van der Waals surface area contributed by atoms with Gasteiger partial charge in [0.05, 0.1) is 5.92 Å². The Bertz CT molecular complexity index is 729. The van der Waals surface area contributed by atoms with Crippen molar-refractivity contribution in [2.75, 3.05) is 0 Å². The molecule has 2 rings (SSSR count). The molecule has 3 heteroatoms. The molecule has 3 nitrogen and oxygen atoms in total. The predicted molar refractivity (Wildman–Crippen MR) is 115 cm³/mol. The number of phenolic OH excluding ortho intramolecular Hbond substituents is 1. The Labute approximate surface area is 169 Å². The van der Waals surface area contributed by atoms with Crippen LogP contribution in [-0.4, -0.2) is 16.7 Å². The number of benzene rings is 2. The van der Waals surface area contributed by atoms with E-state index in [0.29, 0.717) is 5.92 Å².